The van der Waals surface area contributed by atoms with Crippen LogP contribution in [0.2, 0.25) is 0 Å². The molecule has 0 saturated heterocycles. The number of nitrogens with one attached hydrogen (secondary N) is 1. The van der Waals surface area contributed by atoms with E-state index in [0.717, 1.165) is 6.34 Å². The molecule has 0 amide bonds. The first-order valence-corrected chi connectivity index (χ1v) is 2.48. The van der Waals surface area contributed by atoms with Gasteiger partial charge in [-0.1, -0.05) is 5.16 Å². The molecule has 1 aromatic heterocycles. The Kier molecular flexibility index (Phi) is 1.86. The van der Waals surface area contributed by atoms with Crippen molar-refractivity contribution in [3.8, 4) is 0 Å². The van der Waals surface area contributed by atoms with Gasteiger partial charge in [0.05, 0.1) is 12.5 Å². The molecule has 1 aromatic rings. The van der Waals surface area contributed by atoms with Crippen LogP contribution in [0.25, 0.3) is 0 Å². The summed E-state index contributed by atoms with van der Waals surface area (Å²) < 4.78 is 0. The lowest BCUT2D eigenvalue weighted by Crippen LogP contribution is -2.15. The topological polar surface area (TPSA) is 84.7 Å². The van der Waals surface area contributed by atoms with Crippen LogP contribution in [0.5, 0.6) is 0 Å². The predicted molar refractivity (Wildman–Crippen MR) is 33.1 cm³/mol. The monoisotopic (exact) mass is 142 g/mol. The normalized spacial score (nSPS) is 10.5. The minimum Gasteiger partial charge on any atom is -0.410 e. The molecule has 0 fully saturated rings. The van der Waals surface area contributed by atoms with Crippen molar-refractivity contribution >= 4 is 12.2 Å². The fourth-order valence-corrected chi connectivity index (χ4v) is 0.485. The van der Waals surface area contributed by atoms with Crippen molar-refractivity contribution in [2.24, 2.45) is 5.16 Å². The standard InChI is InChI=1S/C4H6N4O2/c9-7-3-8(10)4-1-5-2-6-4/h1-3,9-10H,(H,5,6). The van der Waals surface area contributed by atoms with Crippen molar-refractivity contribution in [3.05, 3.63) is 12.5 Å². The van der Waals surface area contributed by atoms with E-state index in [9.17, 15) is 0 Å². The van der Waals surface area contributed by atoms with Crippen LogP contribution in [-0.4, -0.2) is 26.7 Å². The molecule has 0 spiro atoms. The summed E-state index contributed by atoms with van der Waals surface area (Å²) in [5.41, 5.74) is 0. The molecule has 54 valence electrons. The zero-order valence-corrected chi connectivity index (χ0v) is 4.97. The summed E-state index contributed by atoms with van der Waals surface area (Å²) in [7, 11) is 0. The zero-order chi connectivity index (χ0) is 7.40. The minimum absolute atomic E-state index is 0.331. The van der Waals surface area contributed by atoms with Gasteiger partial charge in [-0.25, -0.2) is 4.98 Å². The van der Waals surface area contributed by atoms with Crippen LogP contribution in [0.3, 0.4) is 0 Å². The van der Waals surface area contributed by atoms with Crippen molar-refractivity contribution in [2.45, 2.75) is 0 Å². The maximum absolute atomic E-state index is 8.86. The first kappa shape index (κ1) is 6.56. The molecule has 6 heteroatoms. The Hall–Kier alpha value is -1.56. The van der Waals surface area contributed by atoms with Crippen LogP contribution in [0.4, 0.5) is 5.82 Å². The highest BCUT2D eigenvalue weighted by Gasteiger charge is 1.98. The number of nitrogens with zero attached hydrogens (tertiary/aromatic N) is 3. The third-order valence-corrected chi connectivity index (χ3v) is 0.892. The average Bonchev–Trinajstić information content (AvgIpc) is 2.38. The van der Waals surface area contributed by atoms with Gasteiger partial charge in [-0.05, 0) is 0 Å². The summed E-state index contributed by atoms with van der Waals surface area (Å²) in [5, 5.41) is 20.0. The van der Waals surface area contributed by atoms with Crippen LogP contribution in [0, 0.1) is 0 Å². The maximum atomic E-state index is 8.86. The first-order valence-electron chi connectivity index (χ1n) is 2.48. The minimum atomic E-state index is 0.331. The van der Waals surface area contributed by atoms with Crippen LogP contribution < -0.4 is 5.06 Å². The van der Waals surface area contributed by atoms with E-state index >= 15 is 0 Å². The first-order chi connectivity index (χ1) is 4.84. The fourth-order valence-electron chi connectivity index (χ4n) is 0.485. The largest absolute Gasteiger partial charge is 0.410 e. The number of anilines is 1. The summed E-state index contributed by atoms with van der Waals surface area (Å²) in [5.74, 6) is 0.331. The Morgan fingerprint density at radius 2 is 2.60 bits per heavy atom. The fraction of sp³-hybridized carbons (Fsp3) is 0. The summed E-state index contributed by atoms with van der Waals surface area (Å²) in [4.78, 5) is 6.21. The van der Waals surface area contributed by atoms with E-state index in [4.69, 9.17) is 10.4 Å². The lowest BCUT2D eigenvalue weighted by atomic mass is 10.7. The van der Waals surface area contributed by atoms with E-state index in [2.05, 4.69) is 15.1 Å². The predicted octanol–water partition coefficient (Wildman–Crippen LogP) is 0.0228. The van der Waals surface area contributed by atoms with E-state index in [1.54, 1.807) is 0 Å². The zero-order valence-electron chi connectivity index (χ0n) is 4.97. The van der Waals surface area contributed by atoms with Crippen molar-refractivity contribution in [3.63, 3.8) is 0 Å². The van der Waals surface area contributed by atoms with Crippen LogP contribution in [0.15, 0.2) is 17.7 Å². The number of hydroxylamine groups is 1. The van der Waals surface area contributed by atoms with E-state index in [1.165, 1.54) is 12.5 Å². The molecule has 0 aliphatic rings. The number of aromatic nitrogens is 2. The quantitative estimate of drug-likeness (QED) is 0.235. The lowest BCUT2D eigenvalue weighted by Gasteiger charge is -2.03. The number of imidazole rings is 1. The van der Waals surface area contributed by atoms with Crippen LogP contribution in [-0.2, 0) is 0 Å². The molecule has 0 radical (unpaired) electrons. The van der Waals surface area contributed by atoms with Crippen LogP contribution >= 0.6 is 0 Å². The van der Waals surface area contributed by atoms with Gasteiger partial charge in [-0.2, -0.15) is 5.06 Å². The summed E-state index contributed by atoms with van der Waals surface area (Å²) >= 11 is 0. The van der Waals surface area contributed by atoms with E-state index < -0.39 is 0 Å². The highest BCUT2D eigenvalue weighted by Crippen LogP contribution is 2.01. The molecular weight excluding hydrogens is 136 g/mol. The maximum Gasteiger partial charge on any atom is 0.162 e. The lowest BCUT2D eigenvalue weighted by molar-refractivity contribution is 0.289. The van der Waals surface area contributed by atoms with Gasteiger partial charge in [0.1, 0.15) is 0 Å². The third kappa shape index (κ3) is 1.23. The number of hydrogen-bond donors (Lipinski definition) is 3. The molecular formula is C4H6N4O2. The van der Waals surface area contributed by atoms with Crippen molar-refractivity contribution in [1.29, 1.82) is 0 Å². The van der Waals surface area contributed by atoms with Gasteiger partial charge in [0.2, 0.25) is 0 Å². The molecule has 1 rings (SSSR count). The number of hydrogen-bond acceptors (Lipinski definition) is 4. The molecule has 0 bridgehead atoms. The van der Waals surface area contributed by atoms with Crippen molar-refractivity contribution in [2.75, 3.05) is 5.06 Å². The highest BCUT2D eigenvalue weighted by atomic mass is 16.5. The Bertz CT molecular complexity index is 207. The van der Waals surface area contributed by atoms with Gasteiger partial charge in [0.15, 0.2) is 12.2 Å². The van der Waals surface area contributed by atoms with Gasteiger partial charge in [0.25, 0.3) is 0 Å². The molecule has 0 unspecified atom stereocenters. The van der Waals surface area contributed by atoms with Gasteiger partial charge in [0, 0.05) is 0 Å². The average molecular weight is 142 g/mol. The van der Waals surface area contributed by atoms with E-state index in [1.807, 2.05) is 0 Å². The number of aromatic amines is 1. The third-order valence-electron chi connectivity index (χ3n) is 0.892. The number of rotatable bonds is 2. The second-order valence-electron chi connectivity index (χ2n) is 1.51. The number of oxime groups is 1. The Balaban J connectivity index is 2.67. The molecule has 0 aromatic carbocycles. The SMILES string of the molecule is ON=CN(O)c1cnc[nH]1. The van der Waals surface area contributed by atoms with E-state index in [-0.39, 0.29) is 0 Å². The molecule has 3 N–H and O–H groups in total. The molecule has 0 saturated carbocycles. The summed E-state index contributed by atoms with van der Waals surface area (Å²) in [6.45, 7) is 0. The smallest absolute Gasteiger partial charge is 0.162 e. The number of H-pyrrole nitrogens is 1. The van der Waals surface area contributed by atoms with Gasteiger partial charge >= 0.3 is 0 Å². The molecule has 0 aliphatic heterocycles. The van der Waals surface area contributed by atoms with Crippen molar-refractivity contribution in [1.82, 2.24) is 9.97 Å². The van der Waals surface area contributed by atoms with Crippen molar-refractivity contribution < 1.29 is 10.4 Å². The van der Waals surface area contributed by atoms with Crippen LogP contribution in [0.1, 0.15) is 0 Å². The molecule has 0 atom stereocenters. The second kappa shape index (κ2) is 2.83. The summed E-state index contributed by atoms with van der Waals surface area (Å²) in [6, 6.07) is 0. The van der Waals surface area contributed by atoms with E-state index in [0.29, 0.717) is 10.9 Å². The molecule has 10 heavy (non-hydrogen) atoms. The highest BCUT2D eigenvalue weighted by molar-refractivity contribution is 5.72. The summed E-state index contributed by atoms with van der Waals surface area (Å²) in [6.07, 6.45) is 3.60. The second-order valence-corrected chi connectivity index (χ2v) is 1.51. The molecule has 1 heterocycles. The van der Waals surface area contributed by atoms with Gasteiger partial charge in [-0.15, -0.1) is 0 Å². The van der Waals surface area contributed by atoms with Gasteiger partial charge in [-0.3, -0.25) is 5.21 Å². The Morgan fingerprint density at radius 1 is 1.80 bits per heavy atom. The molecule has 0 aliphatic carbocycles. The Labute approximate surface area is 56.4 Å². The van der Waals surface area contributed by atoms with Gasteiger partial charge < -0.3 is 10.2 Å². The Morgan fingerprint density at radius 3 is 3.10 bits per heavy atom. The molecule has 6 nitrogen and oxygen atoms in total.